The molecule has 0 fully saturated rings. The number of hydrogen-bond donors (Lipinski definition) is 0. The highest BCUT2D eigenvalue weighted by Crippen LogP contribution is 2.25. The van der Waals surface area contributed by atoms with Gasteiger partial charge >= 0.3 is 0 Å². The first-order chi connectivity index (χ1) is 9.99. The van der Waals surface area contributed by atoms with E-state index in [1.54, 1.807) is 23.1 Å². The summed E-state index contributed by atoms with van der Waals surface area (Å²) in [7, 11) is 0. The lowest BCUT2D eigenvalue weighted by atomic mass is 10.1. The van der Waals surface area contributed by atoms with Gasteiger partial charge in [-0.1, -0.05) is 55.2 Å². The molecule has 110 valence electrons. The second kappa shape index (κ2) is 6.97. The van der Waals surface area contributed by atoms with Gasteiger partial charge in [0.2, 0.25) is 0 Å². The molecule has 2 aromatic carbocycles. The minimum atomic E-state index is -0.114. The van der Waals surface area contributed by atoms with Crippen LogP contribution in [0.15, 0.2) is 48.5 Å². The van der Waals surface area contributed by atoms with Crippen LogP contribution in [-0.4, -0.2) is 12.5 Å². The number of benzene rings is 2. The van der Waals surface area contributed by atoms with E-state index in [0.29, 0.717) is 28.1 Å². The molecule has 0 heterocycles. The van der Waals surface area contributed by atoms with E-state index in [-0.39, 0.29) is 5.91 Å². The number of hydrogen-bond acceptors (Lipinski definition) is 1. The SMILES string of the molecule is CC(C)CN(C(=O)c1ccc(Cl)cc1Cl)c1ccccc1. The second-order valence-electron chi connectivity index (χ2n) is 5.27. The first-order valence-electron chi connectivity index (χ1n) is 6.81. The van der Waals surface area contributed by atoms with Crippen LogP contribution in [0.3, 0.4) is 0 Å². The van der Waals surface area contributed by atoms with E-state index in [9.17, 15) is 4.79 Å². The van der Waals surface area contributed by atoms with Gasteiger partial charge in [-0.3, -0.25) is 4.79 Å². The maximum atomic E-state index is 12.8. The molecule has 21 heavy (non-hydrogen) atoms. The van der Waals surface area contributed by atoms with Crippen LogP contribution in [0.2, 0.25) is 10.0 Å². The summed E-state index contributed by atoms with van der Waals surface area (Å²) in [5.74, 6) is 0.233. The third kappa shape index (κ3) is 3.99. The summed E-state index contributed by atoms with van der Waals surface area (Å²) in [5.41, 5.74) is 1.33. The topological polar surface area (TPSA) is 20.3 Å². The van der Waals surface area contributed by atoms with Gasteiger partial charge in [-0.15, -0.1) is 0 Å². The van der Waals surface area contributed by atoms with Crippen LogP contribution >= 0.6 is 23.2 Å². The Kier molecular flexibility index (Phi) is 5.27. The van der Waals surface area contributed by atoms with Crippen molar-refractivity contribution in [3.8, 4) is 0 Å². The summed E-state index contributed by atoms with van der Waals surface area (Å²) in [6.07, 6.45) is 0. The summed E-state index contributed by atoms with van der Waals surface area (Å²) in [5, 5.41) is 0.892. The summed E-state index contributed by atoms with van der Waals surface area (Å²) >= 11 is 12.1. The average molecular weight is 322 g/mol. The van der Waals surface area contributed by atoms with Crippen molar-refractivity contribution in [2.75, 3.05) is 11.4 Å². The minimum absolute atomic E-state index is 0.114. The van der Waals surface area contributed by atoms with Crippen LogP contribution in [0.5, 0.6) is 0 Å². The molecule has 1 amide bonds. The van der Waals surface area contributed by atoms with Crippen LogP contribution in [0.25, 0.3) is 0 Å². The summed E-state index contributed by atoms with van der Waals surface area (Å²) in [4.78, 5) is 14.6. The highest BCUT2D eigenvalue weighted by Gasteiger charge is 2.20. The lowest BCUT2D eigenvalue weighted by molar-refractivity contribution is 0.0984. The number of amides is 1. The van der Waals surface area contributed by atoms with Crippen molar-refractivity contribution < 1.29 is 4.79 Å². The smallest absolute Gasteiger partial charge is 0.259 e. The average Bonchev–Trinajstić information content (AvgIpc) is 2.45. The third-order valence-corrected chi connectivity index (χ3v) is 3.57. The van der Waals surface area contributed by atoms with Gasteiger partial charge in [0.1, 0.15) is 0 Å². The van der Waals surface area contributed by atoms with E-state index in [1.807, 2.05) is 30.3 Å². The third-order valence-electron chi connectivity index (χ3n) is 3.02. The van der Waals surface area contributed by atoms with Crippen molar-refractivity contribution in [2.45, 2.75) is 13.8 Å². The van der Waals surface area contributed by atoms with E-state index in [0.717, 1.165) is 5.69 Å². The largest absolute Gasteiger partial charge is 0.308 e. The monoisotopic (exact) mass is 321 g/mol. The Morgan fingerprint density at radius 2 is 1.76 bits per heavy atom. The molecule has 0 radical (unpaired) electrons. The number of rotatable bonds is 4. The molecule has 0 bridgehead atoms. The maximum absolute atomic E-state index is 12.8. The molecular formula is C17H17Cl2NO. The molecule has 0 saturated carbocycles. The van der Waals surface area contributed by atoms with Gasteiger partial charge in [-0.2, -0.15) is 0 Å². The molecule has 4 heteroatoms. The number of anilines is 1. The quantitative estimate of drug-likeness (QED) is 0.748. The Labute approximate surface area is 135 Å². The standard InChI is InChI=1S/C17H17Cl2NO/c1-12(2)11-20(14-6-4-3-5-7-14)17(21)15-9-8-13(18)10-16(15)19/h3-10,12H,11H2,1-2H3. The van der Waals surface area contributed by atoms with E-state index in [1.165, 1.54) is 0 Å². The first-order valence-corrected chi connectivity index (χ1v) is 7.56. The molecule has 0 saturated heterocycles. The molecule has 0 unspecified atom stereocenters. The normalized spacial score (nSPS) is 10.7. The number of carbonyl (C=O) groups excluding carboxylic acids is 1. The lowest BCUT2D eigenvalue weighted by Gasteiger charge is -2.25. The molecule has 2 nitrogen and oxygen atoms in total. The zero-order valence-electron chi connectivity index (χ0n) is 12.0. The Bertz CT molecular complexity index is 626. The predicted molar refractivity (Wildman–Crippen MR) is 89.4 cm³/mol. The molecule has 0 aliphatic heterocycles. The van der Waals surface area contributed by atoms with Gasteiger partial charge in [0.05, 0.1) is 10.6 Å². The Morgan fingerprint density at radius 3 is 2.33 bits per heavy atom. The molecule has 0 aromatic heterocycles. The molecule has 0 aliphatic carbocycles. The lowest BCUT2D eigenvalue weighted by Crippen LogP contribution is -2.34. The van der Waals surface area contributed by atoms with Gasteiger partial charge < -0.3 is 4.90 Å². The Hall–Kier alpha value is -1.51. The van der Waals surface area contributed by atoms with Crippen LogP contribution in [0.1, 0.15) is 24.2 Å². The van der Waals surface area contributed by atoms with Gasteiger partial charge in [0.25, 0.3) is 5.91 Å². The number of para-hydroxylation sites is 1. The van der Waals surface area contributed by atoms with E-state index < -0.39 is 0 Å². The van der Waals surface area contributed by atoms with Gasteiger partial charge in [-0.05, 0) is 36.2 Å². The molecule has 0 atom stereocenters. The molecular weight excluding hydrogens is 305 g/mol. The zero-order valence-corrected chi connectivity index (χ0v) is 13.5. The fraction of sp³-hybridized carbons (Fsp3) is 0.235. The van der Waals surface area contributed by atoms with E-state index in [4.69, 9.17) is 23.2 Å². The highest BCUT2D eigenvalue weighted by atomic mass is 35.5. The highest BCUT2D eigenvalue weighted by molar-refractivity contribution is 6.37. The second-order valence-corrected chi connectivity index (χ2v) is 6.11. The van der Waals surface area contributed by atoms with Gasteiger partial charge in [-0.25, -0.2) is 0 Å². The number of halogens is 2. The molecule has 0 aliphatic rings. The Balaban J connectivity index is 2.39. The summed E-state index contributed by atoms with van der Waals surface area (Å²) < 4.78 is 0. The van der Waals surface area contributed by atoms with Crippen molar-refractivity contribution in [3.05, 3.63) is 64.1 Å². The molecule has 2 aromatic rings. The maximum Gasteiger partial charge on any atom is 0.259 e. The molecule has 0 N–H and O–H groups in total. The van der Waals surface area contributed by atoms with E-state index in [2.05, 4.69) is 13.8 Å². The van der Waals surface area contributed by atoms with Crippen molar-refractivity contribution in [2.24, 2.45) is 5.92 Å². The summed E-state index contributed by atoms with van der Waals surface area (Å²) in [6, 6.07) is 14.5. The van der Waals surface area contributed by atoms with Crippen LogP contribution in [-0.2, 0) is 0 Å². The fourth-order valence-electron chi connectivity index (χ4n) is 2.09. The predicted octanol–water partition coefficient (Wildman–Crippen LogP) is 5.30. The number of carbonyl (C=O) groups is 1. The minimum Gasteiger partial charge on any atom is -0.308 e. The zero-order chi connectivity index (χ0) is 15.4. The van der Waals surface area contributed by atoms with Crippen molar-refractivity contribution in [1.29, 1.82) is 0 Å². The van der Waals surface area contributed by atoms with Gasteiger partial charge in [0.15, 0.2) is 0 Å². The van der Waals surface area contributed by atoms with Gasteiger partial charge in [0, 0.05) is 17.3 Å². The first kappa shape index (κ1) is 15.9. The molecule has 2 rings (SSSR count). The van der Waals surface area contributed by atoms with E-state index >= 15 is 0 Å². The van der Waals surface area contributed by atoms with Crippen LogP contribution < -0.4 is 4.90 Å². The van der Waals surface area contributed by atoms with Crippen LogP contribution in [0, 0.1) is 5.92 Å². The Morgan fingerprint density at radius 1 is 1.10 bits per heavy atom. The van der Waals surface area contributed by atoms with Crippen molar-refractivity contribution >= 4 is 34.8 Å². The van der Waals surface area contributed by atoms with Crippen molar-refractivity contribution in [1.82, 2.24) is 0 Å². The molecule has 0 spiro atoms. The van der Waals surface area contributed by atoms with Crippen molar-refractivity contribution in [3.63, 3.8) is 0 Å². The fourth-order valence-corrected chi connectivity index (χ4v) is 2.58. The van der Waals surface area contributed by atoms with Crippen LogP contribution in [0.4, 0.5) is 5.69 Å². The number of nitrogens with zero attached hydrogens (tertiary/aromatic N) is 1. The summed E-state index contributed by atoms with van der Waals surface area (Å²) in [6.45, 7) is 4.78.